The largest absolute Gasteiger partial charge is 0.352 e. The zero-order valence-corrected chi connectivity index (χ0v) is 18.5. The lowest BCUT2D eigenvalue weighted by Crippen LogP contribution is -2.58. The highest BCUT2D eigenvalue weighted by molar-refractivity contribution is 5.86. The Morgan fingerprint density at radius 2 is 1.36 bits per heavy atom. The molecule has 0 aromatic carbocycles. The molecule has 3 aliphatic rings. The lowest BCUT2D eigenvalue weighted by atomic mass is 9.75. The highest BCUT2D eigenvalue weighted by Crippen LogP contribution is 2.35. The molecule has 3 fully saturated rings. The minimum Gasteiger partial charge on any atom is -0.352 e. The van der Waals surface area contributed by atoms with Gasteiger partial charge in [0.05, 0.1) is 5.54 Å². The van der Waals surface area contributed by atoms with Crippen molar-refractivity contribution in [2.45, 2.75) is 134 Å². The molecular formula is C25H46N2O. The second-order valence-electron chi connectivity index (χ2n) is 10.6. The van der Waals surface area contributed by atoms with Crippen LogP contribution in [0.3, 0.4) is 0 Å². The first-order valence-electron chi connectivity index (χ1n) is 12.7. The van der Waals surface area contributed by atoms with Gasteiger partial charge in [0.15, 0.2) is 0 Å². The highest BCUT2D eigenvalue weighted by Gasteiger charge is 2.38. The number of nitrogens with two attached hydrogens (primary N) is 1. The Kier molecular flexibility index (Phi) is 8.69. The number of carbonyl (C=O) groups is 1. The standard InChI is InChI=1S/C25H46N2O/c1-20(23-15-9-4-10-16-23)27-24(28)25(26,19-22-13-7-3-8-14-22)18-17-21-11-5-2-6-12-21/h20-23H,2-19,26H2,1H3,(H,27,28)/t20-,25+/m0/s1. The first kappa shape index (κ1) is 22.1. The quantitative estimate of drug-likeness (QED) is 0.526. The van der Waals surface area contributed by atoms with Crippen LogP contribution in [0.25, 0.3) is 0 Å². The lowest BCUT2D eigenvalue weighted by Gasteiger charge is -2.37. The Hall–Kier alpha value is -0.570. The Morgan fingerprint density at radius 3 is 1.93 bits per heavy atom. The van der Waals surface area contributed by atoms with Gasteiger partial charge < -0.3 is 11.1 Å². The van der Waals surface area contributed by atoms with Gasteiger partial charge in [-0.25, -0.2) is 0 Å². The van der Waals surface area contributed by atoms with E-state index < -0.39 is 5.54 Å². The molecule has 0 aromatic rings. The fourth-order valence-electron chi connectivity index (χ4n) is 6.25. The van der Waals surface area contributed by atoms with E-state index in [0.717, 1.165) is 25.2 Å². The Bertz CT molecular complexity index is 461. The number of nitrogens with one attached hydrogen (secondary N) is 1. The SMILES string of the molecule is C[C@H](NC(=O)[C@@](N)(CCC1CCCCC1)CC1CCCCC1)C1CCCCC1. The molecule has 3 aliphatic carbocycles. The van der Waals surface area contributed by atoms with E-state index in [9.17, 15) is 4.79 Å². The fourth-order valence-corrected chi connectivity index (χ4v) is 6.25. The molecule has 0 aliphatic heterocycles. The van der Waals surface area contributed by atoms with E-state index in [0.29, 0.717) is 11.8 Å². The van der Waals surface area contributed by atoms with Crippen LogP contribution in [-0.4, -0.2) is 17.5 Å². The summed E-state index contributed by atoms with van der Waals surface area (Å²) in [5.41, 5.74) is 6.30. The third kappa shape index (κ3) is 6.47. The number of hydrogen-bond acceptors (Lipinski definition) is 2. The molecular weight excluding hydrogens is 344 g/mol. The third-order valence-electron chi connectivity index (χ3n) is 8.27. The normalized spacial score (nSPS) is 26.5. The van der Waals surface area contributed by atoms with Crippen molar-refractivity contribution in [3.8, 4) is 0 Å². The summed E-state index contributed by atoms with van der Waals surface area (Å²) in [6, 6.07) is 0.275. The first-order valence-corrected chi connectivity index (χ1v) is 12.7. The molecule has 3 heteroatoms. The number of hydrogen-bond donors (Lipinski definition) is 2. The van der Waals surface area contributed by atoms with Crippen LogP contribution in [0.15, 0.2) is 0 Å². The lowest BCUT2D eigenvalue weighted by molar-refractivity contribution is -0.128. The predicted octanol–water partition coefficient (Wildman–Crippen LogP) is 6.10. The molecule has 3 rings (SSSR count). The van der Waals surface area contributed by atoms with Crippen molar-refractivity contribution in [2.75, 3.05) is 0 Å². The van der Waals surface area contributed by atoms with Crippen LogP contribution < -0.4 is 11.1 Å². The summed E-state index contributed by atoms with van der Waals surface area (Å²) in [4.78, 5) is 13.4. The zero-order valence-electron chi connectivity index (χ0n) is 18.5. The molecule has 0 unspecified atom stereocenters. The molecule has 2 atom stereocenters. The summed E-state index contributed by atoms with van der Waals surface area (Å²) in [6.45, 7) is 2.22. The maximum Gasteiger partial charge on any atom is 0.240 e. The minimum absolute atomic E-state index is 0.159. The number of amides is 1. The summed E-state index contributed by atoms with van der Waals surface area (Å²) >= 11 is 0. The van der Waals surface area contributed by atoms with Crippen molar-refractivity contribution in [1.29, 1.82) is 0 Å². The number of carbonyl (C=O) groups excluding carboxylic acids is 1. The van der Waals surface area contributed by atoms with Crippen molar-refractivity contribution >= 4 is 5.91 Å². The molecule has 3 N–H and O–H groups in total. The number of rotatable bonds is 8. The van der Waals surface area contributed by atoms with Crippen molar-refractivity contribution < 1.29 is 4.79 Å². The Balaban J connectivity index is 1.59. The summed E-state index contributed by atoms with van der Waals surface area (Å²) in [5, 5.41) is 3.40. The van der Waals surface area contributed by atoms with Gasteiger partial charge in [-0.3, -0.25) is 4.79 Å². The van der Waals surface area contributed by atoms with Gasteiger partial charge >= 0.3 is 0 Å². The molecule has 0 radical (unpaired) electrons. The second kappa shape index (κ2) is 11.0. The summed E-state index contributed by atoms with van der Waals surface area (Å²) < 4.78 is 0. The van der Waals surface area contributed by atoms with Gasteiger partial charge in [0, 0.05) is 6.04 Å². The van der Waals surface area contributed by atoms with E-state index in [1.165, 1.54) is 96.3 Å². The van der Waals surface area contributed by atoms with Gasteiger partial charge in [-0.2, -0.15) is 0 Å². The van der Waals surface area contributed by atoms with Gasteiger partial charge in [-0.05, 0) is 56.8 Å². The summed E-state index contributed by atoms with van der Waals surface area (Å²) in [7, 11) is 0. The van der Waals surface area contributed by atoms with Crippen LogP contribution >= 0.6 is 0 Å². The van der Waals surface area contributed by atoms with Gasteiger partial charge in [0.1, 0.15) is 0 Å². The molecule has 0 spiro atoms. The minimum atomic E-state index is -0.650. The maximum absolute atomic E-state index is 13.4. The van der Waals surface area contributed by atoms with Crippen molar-refractivity contribution in [1.82, 2.24) is 5.32 Å². The first-order chi connectivity index (χ1) is 13.6. The van der Waals surface area contributed by atoms with Gasteiger partial charge in [-0.1, -0.05) is 83.5 Å². The van der Waals surface area contributed by atoms with E-state index in [1.54, 1.807) is 0 Å². The molecule has 3 saturated carbocycles. The zero-order chi connectivity index (χ0) is 19.8. The molecule has 162 valence electrons. The van der Waals surface area contributed by atoms with Gasteiger partial charge in [0.25, 0.3) is 0 Å². The van der Waals surface area contributed by atoms with E-state index in [4.69, 9.17) is 5.73 Å². The van der Waals surface area contributed by atoms with Crippen molar-refractivity contribution in [2.24, 2.45) is 23.5 Å². The third-order valence-corrected chi connectivity index (χ3v) is 8.27. The molecule has 0 aromatic heterocycles. The van der Waals surface area contributed by atoms with Crippen LogP contribution in [0.2, 0.25) is 0 Å². The molecule has 0 heterocycles. The molecule has 0 saturated heterocycles. The van der Waals surface area contributed by atoms with Crippen LogP contribution in [0.4, 0.5) is 0 Å². The van der Waals surface area contributed by atoms with Crippen LogP contribution in [0.5, 0.6) is 0 Å². The molecule has 28 heavy (non-hydrogen) atoms. The monoisotopic (exact) mass is 390 g/mol. The molecule has 0 bridgehead atoms. The Labute approximate surface area is 174 Å². The van der Waals surface area contributed by atoms with Crippen LogP contribution in [0.1, 0.15) is 122 Å². The van der Waals surface area contributed by atoms with E-state index in [-0.39, 0.29) is 11.9 Å². The van der Waals surface area contributed by atoms with E-state index in [2.05, 4.69) is 12.2 Å². The predicted molar refractivity (Wildman–Crippen MR) is 118 cm³/mol. The molecule has 1 amide bonds. The van der Waals surface area contributed by atoms with Crippen LogP contribution in [0, 0.1) is 17.8 Å². The highest BCUT2D eigenvalue weighted by atomic mass is 16.2. The average Bonchev–Trinajstić information content (AvgIpc) is 2.74. The van der Waals surface area contributed by atoms with E-state index in [1.807, 2.05) is 0 Å². The summed E-state index contributed by atoms with van der Waals surface area (Å²) in [6.07, 6.45) is 22.9. The molecule has 3 nitrogen and oxygen atoms in total. The van der Waals surface area contributed by atoms with E-state index >= 15 is 0 Å². The van der Waals surface area contributed by atoms with Crippen molar-refractivity contribution in [3.05, 3.63) is 0 Å². The fraction of sp³-hybridized carbons (Fsp3) is 0.960. The topological polar surface area (TPSA) is 55.1 Å². The van der Waals surface area contributed by atoms with Gasteiger partial charge in [-0.15, -0.1) is 0 Å². The van der Waals surface area contributed by atoms with Crippen LogP contribution in [-0.2, 0) is 4.79 Å². The second-order valence-corrected chi connectivity index (χ2v) is 10.6. The van der Waals surface area contributed by atoms with Crippen molar-refractivity contribution in [3.63, 3.8) is 0 Å². The summed E-state index contributed by atoms with van der Waals surface area (Å²) in [5.74, 6) is 2.26. The Morgan fingerprint density at radius 1 is 0.857 bits per heavy atom. The average molecular weight is 391 g/mol. The maximum atomic E-state index is 13.4. The van der Waals surface area contributed by atoms with Gasteiger partial charge in [0.2, 0.25) is 5.91 Å². The smallest absolute Gasteiger partial charge is 0.240 e.